The molecule has 1 heterocycles. The van der Waals surface area contributed by atoms with Gasteiger partial charge in [-0.1, -0.05) is 0 Å². The molecule has 1 unspecified atom stereocenters. The Morgan fingerprint density at radius 1 is 1.43 bits per heavy atom. The Labute approximate surface area is 122 Å². The van der Waals surface area contributed by atoms with Crippen LogP contribution in [0.4, 0.5) is 11.4 Å². The fraction of sp³-hybridized carbons (Fsp3) is 0.500. The van der Waals surface area contributed by atoms with E-state index in [2.05, 4.69) is 0 Å². The summed E-state index contributed by atoms with van der Waals surface area (Å²) >= 11 is 0. The average Bonchev–Trinajstić information content (AvgIpc) is 2.46. The van der Waals surface area contributed by atoms with Crippen molar-refractivity contribution < 1.29 is 19.9 Å². The fourth-order valence-electron chi connectivity index (χ4n) is 2.69. The van der Waals surface area contributed by atoms with E-state index >= 15 is 0 Å². The van der Waals surface area contributed by atoms with Crippen molar-refractivity contribution in [1.82, 2.24) is 0 Å². The molecule has 0 aliphatic carbocycles. The fourth-order valence-corrected chi connectivity index (χ4v) is 2.69. The third-order valence-corrected chi connectivity index (χ3v) is 3.98. The van der Waals surface area contributed by atoms with Crippen LogP contribution in [0.3, 0.4) is 0 Å². The van der Waals surface area contributed by atoms with E-state index in [-0.39, 0.29) is 23.3 Å². The maximum absolute atomic E-state index is 11.2. The number of anilines is 1. The summed E-state index contributed by atoms with van der Waals surface area (Å²) in [5, 5.41) is 29.7. The normalized spacial score (nSPS) is 17.5. The number of hydrogen-bond donors (Lipinski definition) is 2. The summed E-state index contributed by atoms with van der Waals surface area (Å²) in [6.45, 7) is 2.98. The molecule has 1 atom stereocenters. The number of carboxylic acid groups (broad SMARTS) is 1. The SMILES string of the molecule is CC(O)C1CCN(c2ccc(C(=O)O)cc2[N+](=O)[O-])CC1. The summed E-state index contributed by atoms with van der Waals surface area (Å²) in [6, 6.07) is 3.97. The van der Waals surface area contributed by atoms with Crippen LogP contribution in [0.2, 0.25) is 0 Å². The number of carbonyl (C=O) groups is 1. The lowest BCUT2D eigenvalue weighted by molar-refractivity contribution is -0.384. The summed E-state index contributed by atoms with van der Waals surface area (Å²) < 4.78 is 0. The first kappa shape index (κ1) is 15.2. The van der Waals surface area contributed by atoms with Crippen LogP contribution < -0.4 is 4.90 Å². The Kier molecular flexibility index (Phi) is 4.42. The molecule has 0 amide bonds. The minimum absolute atomic E-state index is 0.0932. The van der Waals surface area contributed by atoms with Crippen LogP contribution >= 0.6 is 0 Å². The maximum atomic E-state index is 11.2. The van der Waals surface area contributed by atoms with Crippen molar-refractivity contribution in [2.75, 3.05) is 18.0 Å². The van der Waals surface area contributed by atoms with Crippen molar-refractivity contribution >= 4 is 17.3 Å². The minimum atomic E-state index is -1.18. The van der Waals surface area contributed by atoms with Gasteiger partial charge in [0.25, 0.3) is 5.69 Å². The van der Waals surface area contributed by atoms with Gasteiger partial charge >= 0.3 is 5.97 Å². The smallest absolute Gasteiger partial charge is 0.335 e. The highest BCUT2D eigenvalue weighted by atomic mass is 16.6. The van der Waals surface area contributed by atoms with Gasteiger partial charge in [-0.15, -0.1) is 0 Å². The summed E-state index contributed by atoms with van der Waals surface area (Å²) in [7, 11) is 0. The number of aromatic carboxylic acids is 1. The second kappa shape index (κ2) is 6.09. The van der Waals surface area contributed by atoms with E-state index in [4.69, 9.17) is 5.11 Å². The molecule has 2 rings (SSSR count). The van der Waals surface area contributed by atoms with Crippen molar-refractivity contribution in [1.29, 1.82) is 0 Å². The molecule has 7 nitrogen and oxygen atoms in total. The number of rotatable bonds is 4. The number of piperidine rings is 1. The summed E-state index contributed by atoms with van der Waals surface area (Å²) in [5.41, 5.74) is 0.156. The topological polar surface area (TPSA) is 104 Å². The molecule has 0 spiro atoms. The van der Waals surface area contributed by atoms with Gasteiger partial charge in [0.05, 0.1) is 16.6 Å². The predicted molar refractivity (Wildman–Crippen MR) is 76.7 cm³/mol. The average molecular weight is 294 g/mol. The zero-order valence-corrected chi connectivity index (χ0v) is 11.7. The van der Waals surface area contributed by atoms with E-state index < -0.39 is 10.9 Å². The minimum Gasteiger partial charge on any atom is -0.478 e. The molecule has 114 valence electrons. The molecule has 1 fully saturated rings. The number of nitro groups is 1. The molecule has 1 saturated heterocycles. The molecule has 0 saturated carbocycles. The Bertz CT molecular complexity index is 550. The van der Waals surface area contributed by atoms with Crippen LogP contribution in [0.1, 0.15) is 30.1 Å². The van der Waals surface area contributed by atoms with E-state index in [1.807, 2.05) is 4.90 Å². The molecule has 7 heteroatoms. The molecular weight excluding hydrogens is 276 g/mol. The van der Waals surface area contributed by atoms with Gasteiger partial charge in [0.1, 0.15) is 5.69 Å². The number of aliphatic hydroxyl groups is 1. The number of carboxylic acids is 1. The number of nitro benzene ring substituents is 1. The highest BCUT2D eigenvalue weighted by molar-refractivity contribution is 5.89. The lowest BCUT2D eigenvalue weighted by Crippen LogP contribution is -2.37. The van der Waals surface area contributed by atoms with Crippen molar-refractivity contribution in [3.05, 3.63) is 33.9 Å². The molecule has 1 aliphatic rings. The monoisotopic (exact) mass is 294 g/mol. The Morgan fingerprint density at radius 3 is 2.52 bits per heavy atom. The Hall–Kier alpha value is -2.15. The summed E-state index contributed by atoms with van der Waals surface area (Å²) in [5.74, 6) is -0.976. The van der Waals surface area contributed by atoms with Crippen molar-refractivity contribution in [2.45, 2.75) is 25.9 Å². The van der Waals surface area contributed by atoms with E-state index in [1.165, 1.54) is 12.1 Å². The van der Waals surface area contributed by atoms with Gasteiger partial charge in [0.2, 0.25) is 0 Å². The lowest BCUT2D eigenvalue weighted by Gasteiger charge is -2.34. The molecular formula is C14H18N2O5. The van der Waals surface area contributed by atoms with Gasteiger partial charge in [-0.05, 0) is 37.8 Å². The van der Waals surface area contributed by atoms with Crippen LogP contribution in [0.5, 0.6) is 0 Å². The van der Waals surface area contributed by atoms with Gasteiger partial charge in [0.15, 0.2) is 0 Å². The third-order valence-electron chi connectivity index (χ3n) is 3.98. The standard InChI is InChI=1S/C14H18N2O5/c1-9(17)10-4-6-15(7-5-10)12-3-2-11(14(18)19)8-13(12)16(20)21/h2-3,8-10,17H,4-7H2,1H3,(H,18,19). The maximum Gasteiger partial charge on any atom is 0.335 e. The van der Waals surface area contributed by atoms with Gasteiger partial charge in [-0.25, -0.2) is 4.79 Å². The van der Waals surface area contributed by atoms with Crippen molar-refractivity contribution in [3.63, 3.8) is 0 Å². The first-order valence-corrected chi connectivity index (χ1v) is 6.85. The van der Waals surface area contributed by atoms with Crippen LogP contribution in [0.15, 0.2) is 18.2 Å². The van der Waals surface area contributed by atoms with Crippen molar-refractivity contribution in [2.24, 2.45) is 5.92 Å². The van der Waals surface area contributed by atoms with Gasteiger partial charge in [-0.2, -0.15) is 0 Å². The quantitative estimate of drug-likeness (QED) is 0.649. The summed E-state index contributed by atoms with van der Waals surface area (Å²) in [6.07, 6.45) is 1.14. The van der Waals surface area contributed by atoms with Crippen LogP contribution in [-0.2, 0) is 0 Å². The van der Waals surface area contributed by atoms with Gasteiger partial charge in [0, 0.05) is 19.2 Å². The Morgan fingerprint density at radius 2 is 2.05 bits per heavy atom. The van der Waals surface area contributed by atoms with Gasteiger partial charge in [-0.3, -0.25) is 10.1 Å². The number of hydrogen-bond acceptors (Lipinski definition) is 5. The number of benzene rings is 1. The van der Waals surface area contributed by atoms with Crippen molar-refractivity contribution in [3.8, 4) is 0 Å². The second-order valence-corrected chi connectivity index (χ2v) is 5.33. The van der Waals surface area contributed by atoms with E-state index in [1.54, 1.807) is 6.92 Å². The lowest BCUT2D eigenvalue weighted by atomic mass is 9.92. The molecule has 0 aromatic heterocycles. The second-order valence-electron chi connectivity index (χ2n) is 5.33. The zero-order chi connectivity index (χ0) is 15.6. The molecule has 1 aromatic rings. The van der Waals surface area contributed by atoms with E-state index in [0.29, 0.717) is 18.8 Å². The molecule has 2 N–H and O–H groups in total. The molecule has 0 bridgehead atoms. The highest BCUT2D eigenvalue weighted by Crippen LogP contribution is 2.33. The highest BCUT2D eigenvalue weighted by Gasteiger charge is 2.27. The molecule has 1 aromatic carbocycles. The first-order valence-electron chi connectivity index (χ1n) is 6.85. The Balaban J connectivity index is 2.24. The van der Waals surface area contributed by atoms with Crippen LogP contribution in [0.25, 0.3) is 0 Å². The van der Waals surface area contributed by atoms with Crippen LogP contribution in [0, 0.1) is 16.0 Å². The molecule has 0 radical (unpaired) electrons. The molecule has 1 aliphatic heterocycles. The largest absolute Gasteiger partial charge is 0.478 e. The zero-order valence-electron chi connectivity index (χ0n) is 11.7. The third kappa shape index (κ3) is 3.30. The van der Waals surface area contributed by atoms with E-state index in [0.717, 1.165) is 18.9 Å². The van der Waals surface area contributed by atoms with E-state index in [9.17, 15) is 20.0 Å². The summed E-state index contributed by atoms with van der Waals surface area (Å²) in [4.78, 5) is 23.4. The van der Waals surface area contributed by atoms with Crippen LogP contribution in [-0.4, -0.2) is 40.3 Å². The molecule has 21 heavy (non-hydrogen) atoms. The predicted octanol–water partition coefficient (Wildman–Crippen LogP) is 1.89. The number of nitrogens with zero attached hydrogens (tertiary/aromatic N) is 2. The first-order chi connectivity index (χ1) is 9.90. The van der Waals surface area contributed by atoms with Gasteiger partial charge < -0.3 is 15.1 Å². The number of aliphatic hydroxyl groups excluding tert-OH is 1.